The summed E-state index contributed by atoms with van der Waals surface area (Å²) in [5.74, 6) is 0.461. The zero-order valence-electron chi connectivity index (χ0n) is 10.9. The minimum atomic E-state index is 0.0525. The molecule has 0 aromatic heterocycles. The molecule has 1 fully saturated rings. The van der Waals surface area contributed by atoms with Crippen molar-refractivity contribution in [1.82, 2.24) is 0 Å². The van der Waals surface area contributed by atoms with Gasteiger partial charge in [0.2, 0.25) is 0 Å². The van der Waals surface area contributed by atoms with Gasteiger partial charge in [0, 0.05) is 20.8 Å². The summed E-state index contributed by atoms with van der Waals surface area (Å²) in [6.07, 6.45) is 1.89. The van der Waals surface area contributed by atoms with Gasteiger partial charge in [0.1, 0.15) is 5.78 Å². The van der Waals surface area contributed by atoms with Gasteiger partial charge in [-0.1, -0.05) is 56.1 Å². The Morgan fingerprint density at radius 1 is 0.700 bits per heavy atom. The maximum absolute atomic E-state index is 12.7. The molecule has 2 aromatic rings. The lowest BCUT2D eigenvalue weighted by Crippen LogP contribution is -2.11. The first kappa shape index (κ1) is 14.0. The molecule has 0 radical (unpaired) electrons. The van der Waals surface area contributed by atoms with E-state index in [1.54, 1.807) is 0 Å². The van der Waals surface area contributed by atoms with E-state index in [1.807, 2.05) is 24.3 Å². The van der Waals surface area contributed by atoms with Gasteiger partial charge in [-0.05, 0) is 48.2 Å². The average molecular weight is 394 g/mol. The van der Waals surface area contributed by atoms with Gasteiger partial charge in [-0.2, -0.15) is 0 Å². The number of hydrogen-bond acceptors (Lipinski definition) is 1. The van der Waals surface area contributed by atoms with E-state index in [2.05, 4.69) is 56.1 Å². The van der Waals surface area contributed by atoms with Crippen LogP contribution in [0.15, 0.2) is 57.5 Å². The summed E-state index contributed by atoms with van der Waals surface area (Å²) in [5.41, 5.74) is 2.27. The first-order valence-corrected chi connectivity index (χ1v) is 8.28. The number of carbonyl (C=O) groups is 1. The highest BCUT2D eigenvalue weighted by molar-refractivity contribution is 9.10. The number of halogens is 2. The molecular formula is C17H14Br2O. The minimum Gasteiger partial charge on any atom is -0.298 e. The molecule has 0 bridgehead atoms. The van der Waals surface area contributed by atoms with Crippen LogP contribution in [0.5, 0.6) is 0 Å². The van der Waals surface area contributed by atoms with Crippen LogP contribution in [0.2, 0.25) is 0 Å². The van der Waals surface area contributed by atoms with E-state index in [4.69, 9.17) is 0 Å². The second-order valence-corrected chi connectivity index (χ2v) is 7.02. The lowest BCUT2D eigenvalue weighted by molar-refractivity contribution is -0.119. The second-order valence-electron chi connectivity index (χ2n) is 5.19. The third kappa shape index (κ3) is 2.75. The topological polar surface area (TPSA) is 17.1 Å². The van der Waals surface area contributed by atoms with E-state index in [-0.39, 0.29) is 11.8 Å². The van der Waals surface area contributed by atoms with E-state index < -0.39 is 0 Å². The fourth-order valence-corrected chi connectivity index (χ4v) is 3.44. The predicted octanol–water partition coefficient (Wildman–Crippen LogP) is 5.44. The summed E-state index contributed by atoms with van der Waals surface area (Å²) >= 11 is 6.87. The number of ketones is 1. The molecule has 0 N–H and O–H groups in total. The number of Topliss-reactive ketones (excluding diaryl/α,β-unsaturated/α-hetero) is 1. The van der Waals surface area contributed by atoms with Crippen LogP contribution >= 0.6 is 31.9 Å². The van der Waals surface area contributed by atoms with Crippen LogP contribution in [0.3, 0.4) is 0 Å². The quantitative estimate of drug-likeness (QED) is 0.663. The number of rotatable bonds is 2. The molecule has 20 heavy (non-hydrogen) atoms. The van der Waals surface area contributed by atoms with Crippen LogP contribution in [0.1, 0.15) is 35.8 Å². The van der Waals surface area contributed by atoms with Gasteiger partial charge in [-0.15, -0.1) is 0 Å². The van der Waals surface area contributed by atoms with Crippen LogP contribution in [-0.2, 0) is 4.79 Å². The minimum absolute atomic E-state index is 0.0525. The Hall–Kier alpha value is -0.930. The highest BCUT2D eigenvalue weighted by Crippen LogP contribution is 2.40. The van der Waals surface area contributed by atoms with Crippen molar-refractivity contribution in [2.45, 2.75) is 24.7 Å². The summed E-state index contributed by atoms with van der Waals surface area (Å²) in [7, 11) is 0. The molecular weight excluding hydrogens is 380 g/mol. The average Bonchev–Trinajstić information content (AvgIpc) is 2.83. The van der Waals surface area contributed by atoms with Crippen LogP contribution in [0.25, 0.3) is 0 Å². The van der Waals surface area contributed by atoms with Crippen LogP contribution in [0, 0.1) is 0 Å². The van der Waals surface area contributed by atoms with Gasteiger partial charge >= 0.3 is 0 Å². The normalized spacial score (nSPS) is 22.2. The smallest absolute Gasteiger partial charge is 0.147 e. The standard InChI is InChI=1S/C17H14Br2O/c18-13-5-1-11(2-6-13)15-9-10-16(17(15)20)12-3-7-14(19)8-4-12/h1-8,15-16H,9-10H2. The first-order valence-electron chi connectivity index (χ1n) is 6.70. The molecule has 1 nitrogen and oxygen atoms in total. The highest BCUT2D eigenvalue weighted by Gasteiger charge is 2.35. The van der Waals surface area contributed by atoms with Crippen LogP contribution in [-0.4, -0.2) is 5.78 Å². The Kier molecular flexibility index (Phi) is 4.08. The Morgan fingerprint density at radius 3 is 1.40 bits per heavy atom. The Balaban J connectivity index is 1.83. The molecule has 2 unspecified atom stereocenters. The number of hydrogen-bond donors (Lipinski definition) is 0. The van der Waals surface area contributed by atoms with Gasteiger partial charge in [0.05, 0.1) is 0 Å². The Bertz CT molecular complexity index is 561. The van der Waals surface area contributed by atoms with Crippen LogP contribution in [0.4, 0.5) is 0 Å². The third-order valence-corrected chi connectivity index (χ3v) is 5.03. The fraction of sp³-hybridized carbons (Fsp3) is 0.235. The van der Waals surface area contributed by atoms with Crippen molar-refractivity contribution in [3.63, 3.8) is 0 Å². The second kappa shape index (κ2) is 5.82. The Labute approximate surface area is 135 Å². The van der Waals surface area contributed by atoms with Gasteiger partial charge in [0.25, 0.3) is 0 Å². The van der Waals surface area contributed by atoms with Gasteiger partial charge in [-0.3, -0.25) is 4.79 Å². The van der Waals surface area contributed by atoms with E-state index in [0.717, 1.165) is 32.9 Å². The van der Waals surface area contributed by atoms with Crippen molar-refractivity contribution < 1.29 is 4.79 Å². The van der Waals surface area contributed by atoms with E-state index in [0.29, 0.717) is 5.78 Å². The van der Waals surface area contributed by atoms with E-state index in [9.17, 15) is 4.79 Å². The molecule has 2 atom stereocenters. The lowest BCUT2D eigenvalue weighted by Gasteiger charge is -2.11. The third-order valence-electron chi connectivity index (χ3n) is 3.98. The molecule has 0 heterocycles. The molecule has 1 aliphatic rings. The van der Waals surface area contributed by atoms with Crippen molar-refractivity contribution in [3.8, 4) is 0 Å². The summed E-state index contributed by atoms with van der Waals surface area (Å²) in [5, 5.41) is 0. The molecule has 2 aromatic carbocycles. The molecule has 0 amide bonds. The summed E-state index contributed by atoms with van der Waals surface area (Å²) < 4.78 is 2.10. The molecule has 3 heteroatoms. The molecule has 1 saturated carbocycles. The summed E-state index contributed by atoms with van der Waals surface area (Å²) in [4.78, 5) is 12.7. The molecule has 1 aliphatic carbocycles. The molecule has 102 valence electrons. The first-order chi connectivity index (χ1) is 9.65. The number of carbonyl (C=O) groups excluding carboxylic acids is 1. The SMILES string of the molecule is O=C1C(c2ccc(Br)cc2)CCC1c1ccc(Br)cc1. The summed E-state index contributed by atoms with van der Waals surface area (Å²) in [6.45, 7) is 0. The molecule has 0 saturated heterocycles. The zero-order valence-corrected chi connectivity index (χ0v) is 14.0. The maximum Gasteiger partial charge on any atom is 0.147 e. The predicted molar refractivity (Wildman–Crippen MR) is 88.0 cm³/mol. The molecule has 0 spiro atoms. The van der Waals surface area contributed by atoms with E-state index >= 15 is 0 Å². The van der Waals surface area contributed by atoms with Crippen molar-refractivity contribution >= 4 is 37.6 Å². The van der Waals surface area contributed by atoms with Crippen molar-refractivity contribution in [2.24, 2.45) is 0 Å². The highest BCUT2D eigenvalue weighted by atomic mass is 79.9. The maximum atomic E-state index is 12.7. The number of benzene rings is 2. The van der Waals surface area contributed by atoms with Crippen molar-refractivity contribution in [2.75, 3.05) is 0 Å². The van der Waals surface area contributed by atoms with Crippen molar-refractivity contribution in [1.29, 1.82) is 0 Å². The fourth-order valence-electron chi connectivity index (χ4n) is 2.91. The van der Waals surface area contributed by atoms with Crippen molar-refractivity contribution in [3.05, 3.63) is 68.6 Å². The summed E-state index contributed by atoms with van der Waals surface area (Å²) in [6, 6.07) is 16.2. The van der Waals surface area contributed by atoms with Gasteiger partial charge in [0.15, 0.2) is 0 Å². The van der Waals surface area contributed by atoms with Gasteiger partial charge in [-0.25, -0.2) is 0 Å². The zero-order chi connectivity index (χ0) is 14.1. The lowest BCUT2D eigenvalue weighted by atomic mass is 9.92. The molecule has 0 aliphatic heterocycles. The van der Waals surface area contributed by atoms with Crippen LogP contribution < -0.4 is 0 Å². The van der Waals surface area contributed by atoms with Gasteiger partial charge < -0.3 is 0 Å². The molecule has 3 rings (SSSR count). The largest absolute Gasteiger partial charge is 0.298 e. The van der Waals surface area contributed by atoms with E-state index in [1.165, 1.54) is 0 Å². The Morgan fingerprint density at radius 2 is 1.05 bits per heavy atom. The monoisotopic (exact) mass is 392 g/mol.